The van der Waals surface area contributed by atoms with Crippen molar-refractivity contribution in [3.8, 4) is 0 Å². The average Bonchev–Trinajstić information content (AvgIpc) is 2.62. The Balaban J connectivity index is 0.00000110. The molecule has 0 aliphatic carbocycles. The van der Waals surface area contributed by atoms with Crippen molar-refractivity contribution in [2.75, 3.05) is 19.6 Å². The highest BCUT2D eigenvalue weighted by atomic mass is 35.5. The molecular formula is C15H22Cl2F2N2. The van der Waals surface area contributed by atoms with Crippen LogP contribution in [0.3, 0.4) is 0 Å². The van der Waals surface area contributed by atoms with Gasteiger partial charge in [-0.1, -0.05) is 30.3 Å². The Labute approximate surface area is 137 Å². The molecule has 0 atom stereocenters. The maximum atomic E-state index is 13.9. The first-order valence-electron chi connectivity index (χ1n) is 6.97. The highest BCUT2D eigenvalue weighted by Gasteiger charge is 2.54. The molecule has 1 aromatic carbocycles. The monoisotopic (exact) mass is 338 g/mol. The fraction of sp³-hybridized carbons (Fsp3) is 0.600. The Bertz CT molecular complexity index is 437. The minimum absolute atomic E-state index is 0. The van der Waals surface area contributed by atoms with E-state index < -0.39 is 5.92 Å². The van der Waals surface area contributed by atoms with Crippen LogP contribution < -0.4 is 5.32 Å². The summed E-state index contributed by atoms with van der Waals surface area (Å²) in [4.78, 5) is 2.02. The van der Waals surface area contributed by atoms with Gasteiger partial charge < -0.3 is 5.32 Å². The number of likely N-dealkylation sites (tertiary alicyclic amines) is 1. The third-order valence-electron chi connectivity index (χ3n) is 4.43. The molecule has 1 spiro atoms. The van der Waals surface area contributed by atoms with Gasteiger partial charge in [0.05, 0.1) is 6.54 Å². The number of rotatable bonds is 2. The summed E-state index contributed by atoms with van der Waals surface area (Å²) in [7, 11) is 0. The standard InChI is InChI=1S/C15H20F2N2.2ClH/c16-15(17)11-14(6-8-18-9-7-14)19(12-15)10-13-4-2-1-3-5-13;;/h1-5,18H,6-12H2;2*1H. The van der Waals surface area contributed by atoms with Crippen LogP contribution in [0.2, 0.25) is 0 Å². The lowest BCUT2D eigenvalue weighted by molar-refractivity contribution is 0.0104. The number of nitrogens with zero attached hydrogens (tertiary/aromatic N) is 1. The summed E-state index contributed by atoms with van der Waals surface area (Å²) >= 11 is 0. The number of alkyl halides is 2. The van der Waals surface area contributed by atoms with Gasteiger partial charge in [-0.25, -0.2) is 8.78 Å². The molecule has 2 aliphatic rings. The van der Waals surface area contributed by atoms with Gasteiger partial charge in [-0.3, -0.25) is 4.90 Å². The van der Waals surface area contributed by atoms with Crippen LogP contribution in [0, 0.1) is 0 Å². The van der Waals surface area contributed by atoms with Crippen molar-refractivity contribution in [3.05, 3.63) is 35.9 Å². The molecule has 2 saturated heterocycles. The van der Waals surface area contributed by atoms with E-state index >= 15 is 0 Å². The van der Waals surface area contributed by atoms with Gasteiger partial charge in [0.1, 0.15) is 0 Å². The smallest absolute Gasteiger partial charge is 0.262 e. The molecule has 0 amide bonds. The SMILES string of the molecule is Cl.Cl.FC1(F)CN(Cc2ccccc2)C2(CCNCC2)C1. The molecule has 0 saturated carbocycles. The number of hydrogen-bond acceptors (Lipinski definition) is 2. The third-order valence-corrected chi connectivity index (χ3v) is 4.43. The van der Waals surface area contributed by atoms with Crippen molar-refractivity contribution in [2.24, 2.45) is 0 Å². The van der Waals surface area contributed by atoms with Crippen molar-refractivity contribution in [2.45, 2.75) is 37.3 Å². The summed E-state index contributed by atoms with van der Waals surface area (Å²) in [5.41, 5.74) is 0.822. The van der Waals surface area contributed by atoms with Gasteiger partial charge in [0, 0.05) is 18.5 Å². The second-order valence-corrected chi connectivity index (χ2v) is 5.85. The Morgan fingerprint density at radius 1 is 1.05 bits per heavy atom. The lowest BCUT2D eigenvalue weighted by atomic mass is 9.85. The van der Waals surface area contributed by atoms with Gasteiger partial charge in [0.25, 0.3) is 5.92 Å². The molecule has 0 radical (unpaired) electrons. The van der Waals surface area contributed by atoms with Crippen LogP contribution in [0.5, 0.6) is 0 Å². The third kappa shape index (κ3) is 4.07. The second kappa shape index (κ2) is 7.23. The quantitative estimate of drug-likeness (QED) is 0.887. The normalized spacial score (nSPS) is 23.3. The van der Waals surface area contributed by atoms with Crippen LogP contribution >= 0.6 is 24.8 Å². The summed E-state index contributed by atoms with van der Waals surface area (Å²) in [6.45, 7) is 2.24. The summed E-state index contributed by atoms with van der Waals surface area (Å²) < 4.78 is 27.7. The number of benzene rings is 1. The van der Waals surface area contributed by atoms with Crippen molar-refractivity contribution in [1.29, 1.82) is 0 Å². The largest absolute Gasteiger partial charge is 0.317 e. The molecule has 21 heavy (non-hydrogen) atoms. The van der Waals surface area contributed by atoms with Gasteiger partial charge in [0.15, 0.2) is 0 Å². The van der Waals surface area contributed by atoms with E-state index in [1.54, 1.807) is 0 Å². The van der Waals surface area contributed by atoms with Crippen LogP contribution in [0.4, 0.5) is 8.78 Å². The van der Waals surface area contributed by atoms with Crippen LogP contribution in [-0.4, -0.2) is 36.0 Å². The Morgan fingerprint density at radius 3 is 2.29 bits per heavy atom. The number of hydrogen-bond donors (Lipinski definition) is 1. The van der Waals surface area contributed by atoms with E-state index in [2.05, 4.69) is 5.32 Å². The Hall–Kier alpha value is -0.420. The Morgan fingerprint density at radius 2 is 1.67 bits per heavy atom. The zero-order valence-electron chi connectivity index (χ0n) is 11.9. The molecule has 3 rings (SSSR count). The van der Waals surface area contributed by atoms with E-state index in [-0.39, 0.29) is 43.3 Å². The zero-order valence-corrected chi connectivity index (χ0v) is 13.5. The summed E-state index contributed by atoms with van der Waals surface area (Å²) in [5.74, 6) is -2.54. The predicted molar refractivity (Wildman–Crippen MR) is 85.7 cm³/mol. The van der Waals surface area contributed by atoms with Crippen LogP contribution in [-0.2, 0) is 6.54 Å². The second-order valence-electron chi connectivity index (χ2n) is 5.85. The maximum Gasteiger partial charge on any atom is 0.262 e. The summed E-state index contributed by atoms with van der Waals surface area (Å²) in [6, 6.07) is 9.94. The Kier molecular flexibility index (Phi) is 6.41. The molecule has 1 N–H and O–H groups in total. The zero-order chi connectivity index (χ0) is 13.3. The average molecular weight is 339 g/mol. The number of nitrogens with one attached hydrogen (secondary N) is 1. The molecule has 2 fully saturated rings. The first-order valence-corrected chi connectivity index (χ1v) is 6.97. The highest BCUT2D eigenvalue weighted by Crippen LogP contribution is 2.45. The van der Waals surface area contributed by atoms with Gasteiger partial charge in [-0.15, -0.1) is 24.8 Å². The van der Waals surface area contributed by atoms with Gasteiger partial charge in [-0.2, -0.15) is 0 Å². The maximum absolute atomic E-state index is 13.9. The molecule has 0 bridgehead atoms. The summed E-state index contributed by atoms with van der Waals surface area (Å²) in [6.07, 6.45) is 1.68. The van der Waals surface area contributed by atoms with E-state index in [1.165, 1.54) is 0 Å². The minimum Gasteiger partial charge on any atom is -0.317 e. The topological polar surface area (TPSA) is 15.3 Å². The molecule has 2 aliphatic heterocycles. The molecule has 0 unspecified atom stereocenters. The van der Waals surface area contributed by atoms with Crippen molar-refractivity contribution in [1.82, 2.24) is 10.2 Å². The van der Waals surface area contributed by atoms with Gasteiger partial charge in [-0.05, 0) is 31.5 Å². The van der Waals surface area contributed by atoms with Gasteiger partial charge in [0.2, 0.25) is 0 Å². The molecule has 1 aromatic rings. The van der Waals surface area contributed by atoms with Crippen LogP contribution in [0.15, 0.2) is 30.3 Å². The lowest BCUT2D eigenvalue weighted by Gasteiger charge is -2.41. The van der Waals surface area contributed by atoms with E-state index in [0.717, 1.165) is 31.5 Å². The molecule has 2 heterocycles. The molecule has 6 heteroatoms. The first kappa shape index (κ1) is 18.6. The van der Waals surface area contributed by atoms with Crippen LogP contribution in [0.25, 0.3) is 0 Å². The fourth-order valence-electron chi connectivity index (χ4n) is 3.51. The fourth-order valence-corrected chi connectivity index (χ4v) is 3.51. The molecule has 0 aromatic heterocycles. The lowest BCUT2D eigenvalue weighted by Crippen LogP contribution is -2.50. The van der Waals surface area contributed by atoms with Gasteiger partial charge >= 0.3 is 0 Å². The van der Waals surface area contributed by atoms with Crippen molar-refractivity contribution in [3.63, 3.8) is 0 Å². The van der Waals surface area contributed by atoms with Crippen LogP contribution in [0.1, 0.15) is 24.8 Å². The van der Waals surface area contributed by atoms with Crippen molar-refractivity contribution < 1.29 is 8.78 Å². The number of halogens is 4. The minimum atomic E-state index is -2.54. The van der Waals surface area contributed by atoms with E-state index in [9.17, 15) is 8.78 Å². The predicted octanol–water partition coefficient (Wildman–Crippen LogP) is 3.49. The molecular weight excluding hydrogens is 317 g/mol. The van der Waals surface area contributed by atoms with E-state index in [4.69, 9.17) is 0 Å². The van der Waals surface area contributed by atoms with E-state index in [0.29, 0.717) is 6.54 Å². The van der Waals surface area contributed by atoms with Crippen molar-refractivity contribution >= 4 is 24.8 Å². The molecule has 2 nitrogen and oxygen atoms in total. The molecule has 120 valence electrons. The highest BCUT2D eigenvalue weighted by molar-refractivity contribution is 5.85. The summed E-state index contributed by atoms with van der Waals surface area (Å²) in [5, 5.41) is 3.28. The number of piperidine rings is 1. The van der Waals surface area contributed by atoms with E-state index in [1.807, 2.05) is 35.2 Å². The first-order chi connectivity index (χ1) is 9.10.